The van der Waals surface area contributed by atoms with E-state index in [0.717, 1.165) is 23.4 Å². The molecule has 1 unspecified atom stereocenters. The van der Waals surface area contributed by atoms with Crippen LogP contribution in [0.5, 0.6) is 0 Å². The van der Waals surface area contributed by atoms with E-state index in [2.05, 4.69) is 33.0 Å². The van der Waals surface area contributed by atoms with Gasteiger partial charge in [0.2, 0.25) is 0 Å². The molecule has 0 heterocycles. The highest BCUT2D eigenvalue weighted by atomic mass is 32.2. The normalized spacial score (nSPS) is 13.1. The number of rotatable bonds is 6. The van der Waals surface area contributed by atoms with Gasteiger partial charge in [-0.25, -0.2) is 4.39 Å². The quantitative estimate of drug-likeness (QED) is 0.764. The summed E-state index contributed by atoms with van der Waals surface area (Å²) in [5.74, 6) is -0.0987. The summed E-state index contributed by atoms with van der Waals surface area (Å²) >= 11 is 1.61. The molecule has 0 amide bonds. The molecule has 0 saturated heterocycles. The van der Waals surface area contributed by atoms with Gasteiger partial charge in [-0.15, -0.1) is 11.8 Å². The Hall–Kier alpha value is -0.540. The third kappa shape index (κ3) is 5.09. The highest BCUT2D eigenvalue weighted by Gasteiger charge is 2.08. The SMILES string of the molecule is CCC(C)Sc1ccc(CNC(C)C)cc1F. The van der Waals surface area contributed by atoms with Crippen LogP contribution < -0.4 is 5.32 Å². The number of hydrogen-bond donors (Lipinski definition) is 1. The maximum absolute atomic E-state index is 13.8. The van der Waals surface area contributed by atoms with Crippen LogP contribution in [0, 0.1) is 5.82 Å². The van der Waals surface area contributed by atoms with E-state index in [0.29, 0.717) is 11.3 Å². The Morgan fingerprint density at radius 2 is 2.00 bits per heavy atom. The number of hydrogen-bond acceptors (Lipinski definition) is 2. The molecule has 0 aliphatic heterocycles. The van der Waals surface area contributed by atoms with Crippen LogP contribution in [0.1, 0.15) is 39.7 Å². The fraction of sp³-hybridized carbons (Fsp3) is 0.571. The van der Waals surface area contributed by atoms with Crippen molar-refractivity contribution in [3.63, 3.8) is 0 Å². The summed E-state index contributed by atoms with van der Waals surface area (Å²) in [4.78, 5) is 0.757. The number of benzene rings is 1. The Balaban J connectivity index is 2.65. The predicted octanol–water partition coefficient (Wildman–Crippen LogP) is 4.21. The summed E-state index contributed by atoms with van der Waals surface area (Å²) in [6.07, 6.45) is 1.06. The lowest BCUT2D eigenvalue weighted by molar-refractivity contribution is 0.574. The molecule has 1 aromatic carbocycles. The van der Waals surface area contributed by atoms with E-state index in [-0.39, 0.29) is 5.82 Å². The minimum absolute atomic E-state index is 0.0987. The first-order chi connectivity index (χ1) is 8.02. The molecule has 0 radical (unpaired) electrons. The largest absolute Gasteiger partial charge is 0.310 e. The van der Waals surface area contributed by atoms with Crippen molar-refractivity contribution in [3.05, 3.63) is 29.6 Å². The molecule has 0 bridgehead atoms. The van der Waals surface area contributed by atoms with Gasteiger partial charge in [0.05, 0.1) is 0 Å². The third-order valence-corrected chi connectivity index (χ3v) is 3.93. The summed E-state index contributed by atoms with van der Waals surface area (Å²) in [5, 5.41) is 3.75. The summed E-state index contributed by atoms with van der Waals surface area (Å²) in [5.41, 5.74) is 1.00. The van der Waals surface area contributed by atoms with E-state index < -0.39 is 0 Å². The van der Waals surface area contributed by atoms with Crippen molar-refractivity contribution in [2.24, 2.45) is 0 Å². The van der Waals surface area contributed by atoms with Gasteiger partial charge < -0.3 is 5.32 Å². The monoisotopic (exact) mass is 255 g/mol. The van der Waals surface area contributed by atoms with Crippen molar-refractivity contribution >= 4 is 11.8 Å². The Morgan fingerprint density at radius 1 is 1.29 bits per heavy atom. The molecule has 0 saturated carbocycles. The highest BCUT2D eigenvalue weighted by molar-refractivity contribution is 7.99. The zero-order valence-corrected chi connectivity index (χ0v) is 11.9. The van der Waals surface area contributed by atoms with Gasteiger partial charge in [0.25, 0.3) is 0 Å². The highest BCUT2D eigenvalue weighted by Crippen LogP contribution is 2.28. The fourth-order valence-corrected chi connectivity index (χ4v) is 2.29. The van der Waals surface area contributed by atoms with Crippen molar-refractivity contribution in [1.82, 2.24) is 5.32 Å². The number of thioether (sulfide) groups is 1. The minimum Gasteiger partial charge on any atom is -0.310 e. The van der Waals surface area contributed by atoms with E-state index >= 15 is 0 Å². The molecule has 0 aliphatic carbocycles. The zero-order chi connectivity index (χ0) is 12.8. The van der Waals surface area contributed by atoms with Crippen molar-refractivity contribution in [3.8, 4) is 0 Å². The molecule has 1 rings (SSSR count). The summed E-state index contributed by atoms with van der Waals surface area (Å²) in [6, 6.07) is 5.96. The second kappa shape index (κ2) is 7.02. The first-order valence-corrected chi connectivity index (χ1v) is 7.09. The fourth-order valence-electron chi connectivity index (χ4n) is 1.37. The molecular formula is C14H22FNS. The van der Waals surface area contributed by atoms with Crippen molar-refractivity contribution in [2.75, 3.05) is 0 Å². The Morgan fingerprint density at radius 3 is 2.53 bits per heavy atom. The lowest BCUT2D eigenvalue weighted by atomic mass is 10.2. The average molecular weight is 255 g/mol. The summed E-state index contributed by atoms with van der Waals surface area (Å²) in [7, 11) is 0. The average Bonchev–Trinajstić information content (AvgIpc) is 2.29. The van der Waals surface area contributed by atoms with Crippen LogP contribution in [0.25, 0.3) is 0 Å². The Labute approximate surface area is 108 Å². The smallest absolute Gasteiger partial charge is 0.137 e. The van der Waals surface area contributed by atoms with E-state index in [1.807, 2.05) is 12.1 Å². The second-order valence-electron chi connectivity index (χ2n) is 4.64. The molecule has 17 heavy (non-hydrogen) atoms. The second-order valence-corrected chi connectivity index (χ2v) is 6.12. The van der Waals surface area contributed by atoms with Gasteiger partial charge in [-0.3, -0.25) is 0 Å². The maximum atomic E-state index is 13.8. The summed E-state index contributed by atoms with van der Waals surface area (Å²) in [6.45, 7) is 9.14. The van der Waals surface area contributed by atoms with Crippen LogP contribution in [0.3, 0.4) is 0 Å². The lowest BCUT2D eigenvalue weighted by Crippen LogP contribution is -2.21. The first kappa shape index (κ1) is 14.5. The number of nitrogens with one attached hydrogen (secondary N) is 1. The van der Waals surface area contributed by atoms with Crippen LogP contribution in [-0.2, 0) is 6.54 Å². The van der Waals surface area contributed by atoms with Crippen LogP contribution in [0.4, 0.5) is 4.39 Å². The maximum Gasteiger partial charge on any atom is 0.137 e. The van der Waals surface area contributed by atoms with Gasteiger partial charge in [-0.05, 0) is 24.1 Å². The topological polar surface area (TPSA) is 12.0 Å². The molecule has 0 spiro atoms. The first-order valence-electron chi connectivity index (χ1n) is 6.21. The van der Waals surface area contributed by atoms with Gasteiger partial charge in [0, 0.05) is 22.7 Å². The predicted molar refractivity (Wildman–Crippen MR) is 74.0 cm³/mol. The van der Waals surface area contributed by atoms with Crippen LogP contribution in [0.2, 0.25) is 0 Å². The van der Waals surface area contributed by atoms with Gasteiger partial charge in [-0.1, -0.05) is 33.8 Å². The van der Waals surface area contributed by atoms with Crippen LogP contribution in [-0.4, -0.2) is 11.3 Å². The summed E-state index contributed by atoms with van der Waals surface area (Å²) < 4.78 is 13.8. The minimum atomic E-state index is -0.0987. The molecule has 1 N–H and O–H groups in total. The molecule has 96 valence electrons. The van der Waals surface area contributed by atoms with Crippen molar-refractivity contribution < 1.29 is 4.39 Å². The lowest BCUT2D eigenvalue weighted by Gasteiger charge is -2.11. The van der Waals surface area contributed by atoms with Crippen molar-refractivity contribution in [1.29, 1.82) is 0 Å². The molecule has 0 aromatic heterocycles. The molecule has 1 atom stereocenters. The van der Waals surface area contributed by atoms with E-state index in [9.17, 15) is 4.39 Å². The standard InChI is InChI=1S/C14H22FNS/c1-5-11(4)17-14-7-6-12(8-13(14)15)9-16-10(2)3/h6-8,10-11,16H,5,9H2,1-4H3. The molecule has 1 aromatic rings. The van der Waals surface area contributed by atoms with Crippen LogP contribution in [0.15, 0.2) is 23.1 Å². The van der Waals surface area contributed by atoms with Crippen molar-refractivity contribution in [2.45, 2.75) is 56.8 Å². The molecule has 3 heteroatoms. The zero-order valence-electron chi connectivity index (χ0n) is 11.1. The van der Waals surface area contributed by atoms with Gasteiger partial charge >= 0.3 is 0 Å². The van der Waals surface area contributed by atoms with E-state index in [1.54, 1.807) is 17.8 Å². The van der Waals surface area contributed by atoms with Crippen LogP contribution >= 0.6 is 11.8 Å². The Kier molecular flexibility index (Phi) is 6.00. The molecule has 0 aliphatic rings. The van der Waals surface area contributed by atoms with E-state index in [4.69, 9.17) is 0 Å². The Bertz CT molecular complexity index is 352. The molecule has 1 nitrogen and oxygen atoms in total. The van der Waals surface area contributed by atoms with E-state index in [1.165, 1.54) is 0 Å². The van der Waals surface area contributed by atoms with Gasteiger partial charge in [0.1, 0.15) is 5.82 Å². The molecule has 0 fully saturated rings. The number of halogens is 1. The van der Waals surface area contributed by atoms with Gasteiger partial charge in [0.15, 0.2) is 0 Å². The van der Waals surface area contributed by atoms with Gasteiger partial charge in [-0.2, -0.15) is 0 Å². The third-order valence-electron chi connectivity index (χ3n) is 2.61. The molecular weight excluding hydrogens is 233 g/mol.